The highest BCUT2D eigenvalue weighted by Gasteiger charge is 2.09. The maximum Gasteiger partial charge on any atom is 0.206 e. The Hall–Kier alpha value is -2.30. The van der Waals surface area contributed by atoms with Gasteiger partial charge in [0.1, 0.15) is 0 Å². The van der Waals surface area contributed by atoms with Crippen molar-refractivity contribution in [3.8, 4) is 0 Å². The molecule has 0 unspecified atom stereocenters. The van der Waals surface area contributed by atoms with Gasteiger partial charge >= 0.3 is 0 Å². The number of imidazole rings is 1. The van der Waals surface area contributed by atoms with E-state index in [0.717, 1.165) is 0 Å². The number of aromatic nitrogens is 2. The van der Waals surface area contributed by atoms with Gasteiger partial charge in [0.25, 0.3) is 0 Å². The van der Waals surface area contributed by atoms with Crippen LogP contribution in [0.3, 0.4) is 0 Å². The molecule has 3 N–H and O–H groups in total. The van der Waals surface area contributed by atoms with Crippen LogP contribution in [0.15, 0.2) is 35.7 Å². The smallest absolute Gasteiger partial charge is 0.206 e. The van der Waals surface area contributed by atoms with E-state index in [1.807, 2.05) is 10.8 Å². The molecule has 5 nitrogen and oxygen atoms in total. The molecule has 0 fully saturated rings. The SMILES string of the molecule is Cc1ccc(C)c(Cn2ccnc2C(N)=NO)c1. The topological polar surface area (TPSA) is 76.4 Å². The minimum Gasteiger partial charge on any atom is -0.409 e. The van der Waals surface area contributed by atoms with E-state index in [0.29, 0.717) is 12.4 Å². The van der Waals surface area contributed by atoms with E-state index in [1.165, 1.54) is 16.7 Å². The molecule has 0 amide bonds. The zero-order chi connectivity index (χ0) is 13.1. The van der Waals surface area contributed by atoms with Gasteiger partial charge in [0.15, 0.2) is 5.82 Å². The minimum absolute atomic E-state index is 0.0188. The van der Waals surface area contributed by atoms with Crippen LogP contribution in [0.5, 0.6) is 0 Å². The molecule has 0 atom stereocenters. The summed E-state index contributed by atoms with van der Waals surface area (Å²) in [6.07, 6.45) is 3.45. The largest absolute Gasteiger partial charge is 0.409 e. The molecular weight excluding hydrogens is 228 g/mol. The normalized spacial score (nSPS) is 11.8. The van der Waals surface area contributed by atoms with Gasteiger partial charge in [0.2, 0.25) is 5.84 Å². The van der Waals surface area contributed by atoms with Crippen molar-refractivity contribution >= 4 is 5.84 Å². The second-order valence-electron chi connectivity index (χ2n) is 4.29. The van der Waals surface area contributed by atoms with E-state index in [9.17, 15) is 0 Å². The van der Waals surface area contributed by atoms with Crippen molar-refractivity contribution in [3.05, 3.63) is 53.1 Å². The Morgan fingerprint density at radius 1 is 1.44 bits per heavy atom. The molecule has 0 bridgehead atoms. The van der Waals surface area contributed by atoms with Crippen LogP contribution >= 0.6 is 0 Å². The number of benzene rings is 1. The van der Waals surface area contributed by atoms with Gasteiger partial charge < -0.3 is 15.5 Å². The maximum absolute atomic E-state index is 8.71. The number of hydrogen-bond donors (Lipinski definition) is 2. The fraction of sp³-hybridized carbons (Fsp3) is 0.231. The first-order valence-corrected chi connectivity index (χ1v) is 5.67. The van der Waals surface area contributed by atoms with E-state index < -0.39 is 0 Å². The van der Waals surface area contributed by atoms with E-state index in [1.54, 1.807) is 6.20 Å². The highest BCUT2D eigenvalue weighted by Crippen LogP contribution is 2.13. The molecule has 0 aliphatic rings. The summed E-state index contributed by atoms with van der Waals surface area (Å²) in [6.45, 7) is 4.77. The molecule has 0 aliphatic carbocycles. The number of nitrogens with zero attached hydrogens (tertiary/aromatic N) is 3. The Morgan fingerprint density at radius 3 is 2.94 bits per heavy atom. The Labute approximate surface area is 106 Å². The van der Waals surface area contributed by atoms with Crippen molar-refractivity contribution in [3.63, 3.8) is 0 Å². The van der Waals surface area contributed by atoms with Crippen LogP contribution in [0.2, 0.25) is 0 Å². The molecule has 1 aromatic heterocycles. The molecule has 0 saturated carbocycles. The van der Waals surface area contributed by atoms with Gasteiger partial charge in [0.05, 0.1) is 0 Å². The van der Waals surface area contributed by atoms with Gasteiger partial charge in [0, 0.05) is 18.9 Å². The van der Waals surface area contributed by atoms with E-state index in [2.05, 4.69) is 42.2 Å². The molecule has 0 aliphatic heterocycles. The molecular formula is C13H16N4O. The van der Waals surface area contributed by atoms with Crippen LogP contribution in [0.25, 0.3) is 0 Å². The molecule has 0 saturated heterocycles. The number of oxime groups is 1. The molecule has 1 aromatic carbocycles. The van der Waals surface area contributed by atoms with Crippen molar-refractivity contribution in [1.29, 1.82) is 0 Å². The first kappa shape index (κ1) is 12.2. The summed E-state index contributed by atoms with van der Waals surface area (Å²) in [7, 11) is 0. The predicted molar refractivity (Wildman–Crippen MR) is 69.8 cm³/mol. The summed E-state index contributed by atoms with van der Waals surface area (Å²) in [5.74, 6) is 0.490. The molecule has 5 heteroatoms. The fourth-order valence-electron chi connectivity index (χ4n) is 1.87. The van der Waals surface area contributed by atoms with Gasteiger partial charge in [-0.25, -0.2) is 4.98 Å². The van der Waals surface area contributed by atoms with Crippen molar-refractivity contribution in [2.24, 2.45) is 10.9 Å². The zero-order valence-electron chi connectivity index (χ0n) is 10.5. The summed E-state index contributed by atoms with van der Waals surface area (Å²) in [5.41, 5.74) is 9.19. The van der Waals surface area contributed by atoms with Gasteiger partial charge in [-0.1, -0.05) is 28.9 Å². The van der Waals surface area contributed by atoms with E-state index in [-0.39, 0.29) is 5.84 Å². The lowest BCUT2D eigenvalue weighted by Gasteiger charge is -2.10. The summed E-state index contributed by atoms with van der Waals surface area (Å²) < 4.78 is 1.86. The summed E-state index contributed by atoms with van der Waals surface area (Å²) in [4.78, 5) is 4.08. The van der Waals surface area contributed by atoms with Gasteiger partial charge in [-0.3, -0.25) is 0 Å². The van der Waals surface area contributed by atoms with Crippen LogP contribution in [-0.2, 0) is 6.54 Å². The van der Waals surface area contributed by atoms with Crippen LogP contribution in [0.4, 0.5) is 0 Å². The Bertz CT molecular complexity index is 586. The summed E-state index contributed by atoms with van der Waals surface area (Å²) in [6, 6.07) is 6.30. The van der Waals surface area contributed by atoms with Crippen LogP contribution < -0.4 is 5.73 Å². The van der Waals surface area contributed by atoms with Crippen LogP contribution in [0.1, 0.15) is 22.5 Å². The number of hydrogen-bond acceptors (Lipinski definition) is 3. The fourth-order valence-corrected chi connectivity index (χ4v) is 1.87. The van der Waals surface area contributed by atoms with Gasteiger partial charge in [-0.2, -0.15) is 0 Å². The van der Waals surface area contributed by atoms with Crippen LogP contribution in [0, 0.1) is 13.8 Å². The lowest BCUT2D eigenvalue weighted by atomic mass is 10.1. The maximum atomic E-state index is 8.71. The highest BCUT2D eigenvalue weighted by molar-refractivity contribution is 5.93. The second-order valence-corrected chi connectivity index (χ2v) is 4.29. The van der Waals surface area contributed by atoms with Crippen molar-refractivity contribution in [2.75, 3.05) is 0 Å². The van der Waals surface area contributed by atoms with Crippen LogP contribution in [-0.4, -0.2) is 20.6 Å². The third-order valence-electron chi connectivity index (χ3n) is 2.90. The van der Waals surface area contributed by atoms with Crippen molar-refractivity contribution < 1.29 is 5.21 Å². The first-order chi connectivity index (χ1) is 8.61. The first-order valence-electron chi connectivity index (χ1n) is 5.67. The summed E-state index contributed by atoms with van der Waals surface area (Å²) in [5, 5.41) is 11.7. The standard InChI is InChI=1S/C13H16N4O/c1-9-3-4-10(2)11(7-9)8-17-6-5-15-13(17)12(14)16-18/h3-7,18H,8H2,1-2H3,(H2,14,16). The molecule has 2 aromatic rings. The Kier molecular flexibility index (Phi) is 3.32. The second kappa shape index (κ2) is 4.91. The molecule has 1 heterocycles. The number of aryl methyl sites for hydroxylation is 2. The van der Waals surface area contributed by atoms with Gasteiger partial charge in [-0.15, -0.1) is 0 Å². The molecule has 0 radical (unpaired) electrons. The zero-order valence-corrected chi connectivity index (χ0v) is 10.5. The lowest BCUT2D eigenvalue weighted by Crippen LogP contribution is -2.20. The van der Waals surface area contributed by atoms with Gasteiger partial charge in [-0.05, 0) is 25.0 Å². The summed E-state index contributed by atoms with van der Waals surface area (Å²) >= 11 is 0. The third kappa shape index (κ3) is 2.34. The van der Waals surface area contributed by atoms with Crippen molar-refractivity contribution in [1.82, 2.24) is 9.55 Å². The average molecular weight is 244 g/mol. The minimum atomic E-state index is 0.0188. The molecule has 18 heavy (non-hydrogen) atoms. The molecule has 2 rings (SSSR count). The number of rotatable bonds is 3. The molecule has 94 valence electrons. The lowest BCUT2D eigenvalue weighted by molar-refractivity contribution is 0.318. The number of amidine groups is 1. The highest BCUT2D eigenvalue weighted by atomic mass is 16.4. The average Bonchev–Trinajstić information content (AvgIpc) is 2.81. The third-order valence-corrected chi connectivity index (χ3v) is 2.90. The quantitative estimate of drug-likeness (QED) is 0.373. The Balaban J connectivity index is 2.35. The molecule has 0 spiro atoms. The number of nitrogens with two attached hydrogens (primary N) is 1. The monoisotopic (exact) mass is 244 g/mol. The predicted octanol–water partition coefficient (Wildman–Crippen LogP) is 1.64. The Morgan fingerprint density at radius 2 is 2.22 bits per heavy atom. The van der Waals surface area contributed by atoms with Crippen molar-refractivity contribution in [2.45, 2.75) is 20.4 Å². The van der Waals surface area contributed by atoms with E-state index >= 15 is 0 Å². The van der Waals surface area contributed by atoms with E-state index in [4.69, 9.17) is 10.9 Å².